The van der Waals surface area contributed by atoms with E-state index in [9.17, 15) is 10.1 Å². The van der Waals surface area contributed by atoms with Crippen molar-refractivity contribution in [1.82, 2.24) is 4.57 Å². The third kappa shape index (κ3) is 4.89. The second-order valence-electron chi connectivity index (χ2n) is 5.39. The van der Waals surface area contributed by atoms with E-state index in [4.69, 9.17) is 4.74 Å². The van der Waals surface area contributed by atoms with Crippen LogP contribution in [0.4, 0.5) is 0 Å². The minimum Gasteiger partial charge on any atom is -0.465 e. The lowest BCUT2D eigenvalue weighted by Gasteiger charge is -2.08. The quantitative estimate of drug-likeness (QED) is 0.514. The third-order valence-corrected chi connectivity index (χ3v) is 4.00. The number of aromatic nitrogens is 1. The summed E-state index contributed by atoms with van der Waals surface area (Å²) in [4.78, 5) is 11.5. The highest BCUT2D eigenvalue weighted by atomic mass is 16.5. The number of benzene rings is 2. The maximum absolute atomic E-state index is 11.5. The molecule has 0 bridgehead atoms. The highest BCUT2D eigenvalue weighted by Crippen LogP contribution is 2.30. The van der Waals surface area contributed by atoms with Gasteiger partial charge in [-0.05, 0) is 36.8 Å². The van der Waals surface area contributed by atoms with Crippen LogP contribution in [-0.2, 0) is 4.74 Å². The molecule has 0 aliphatic heterocycles. The van der Waals surface area contributed by atoms with Gasteiger partial charge in [0.05, 0.1) is 18.2 Å². The molecule has 3 aromatic rings. The van der Waals surface area contributed by atoms with Crippen molar-refractivity contribution in [3.05, 3.63) is 77.6 Å². The van der Waals surface area contributed by atoms with Crippen LogP contribution in [0.15, 0.2) is 60.8 Å². The smallest absolute Gasteiger partial charge is 0.337 e. The second kappa shape index (κ2) is 11.4. The molecule has 0 saturated heterocycles. The molecule has 0 N–H and O–H groups in total. The number of nitriles is 1. The average molecular weight is 377 g/mol. The summed E-state index contributed by atoms with van der Waals surface area (Å²) < 4.78 is 6.68. The van der Waals surface area contributed by atoms with E-state index in [-0.39, 0.29) is 5.97 Å². The van der Waals surface area contributed by atoms with Crippen molar-refractivity contribution < 1.29 is 9.53 Å². The maximum atomic E-state index is 11.5. The van der Waals surface area contributed by atoms with E-state index in [0.29, 0.717) is 11.1 Å². The minimum absolute atomic E-state index is 0.367. The SMILES string of the molecule is CC.CC.COC(=O)c1ccc(-n2cc(C#N)c(-c3ccccc3)c2C)cc1. The molecule has 0 saturated carbocycles. The number of hydrogen-bond donors (Lipinski definition) is 0. The topological polar surface area (TPSA) is 55.0 Å². The van der Waals surface area contributed by atoms with E-state index < -0.39 is 0 Å². The lowest BCUT2D eigenvalue weighted by molar-refractivity contribution is 0.0600. The molecule has 0 radical (unpaired) electrons. The summed E-state index contributed by atoms with van der Waals surface area (Å²) in [6.07, 6.45) is 1.82. The van der Waals surface area contributed by atoms with Crippen LogP contribution >= 0.6 is 0 Å². The molecule has 4 heteroatoms. The molecule has 0 atom stereocenters. The molecule has 4 nitrogen and oxygen atoms in total. The molecular weight excluding hydrogens is 348 g/mol. The fraction of sp³-hybridized carbons (Fsp3) is 0.250. The minimum atomic E-state index is -0.367. The Morgan fingerprint density at radius 1 is 0.964 bits per heavy atom. The molecule has 146 valence electrons. The van der Waals surface area contributed by atoms with Gasteiger partial charge in [0.1, 0.15) is 6.07 Å². The number of nitrogens with zero attached hydrogens (tertiary/aromatic N) is 2. The van der Waals surface area contributed by atoms with Gasteiger partial charge in [0.25, 0.3) is 0 Å². The van der Waals surface area contributed by atoms with Gasteiger partial charge < -0.3 is 9.30 Å². The first-order chi connectivity index (χ1) is 13.7. The summed E-state index contributed by atoms with van der Waals surface area (Å²) >= 11 is 0. The molecule has 3 rings (SSSR count). The van der Waals surface area contributed by atoms with Gasteiger partial charge in [-0.2, -0.15) is 5.26 Å². The van der Waals surface area contributed by atoms with Gasteiger partial charge in [-0.25, -0.2) is 4.79 Å². The van der Waals surface area contributed by atoms with Gasteiger partial charge in [-0.15, -0.1) is 0 Å². The molecule has 0 aliphatic rings. The number of methoxy groups -OCH3 is 1. The number of ether oxygens (including phenoxy) is 1. The van der Waals surface area contributed by atoms with E-state index in [2.05, 4.69) is 6.07 Å². The van der Waals surface area contributed by atoms with Crippen LogP contribution in [0.1, 0.15) is 49.3 Å². The van der Waals surface area contributed by atoms with Gasteiger partial charge in [0.15, 0.2) is 0 Å². The van der Waals surface area contributed by atoms with Crippen molar-refractivity contribution in [3.8, 4) is 22.9 Å². The molecule has 0 amide bonds. The first-order valence-electron chi connectivity index (χ1n) is 9.52. The fourth-order valence-electron chi connectivity index (χ4n) is 2.80. The average Bonchev–Trinajstić information content (AvgIpc) is 3.13. The molecule has 2 aromatic carbocycles. The molecule has 0 fully saturated rings. The zero-order valence-corrected chi connectivity index (χ0v) is 17.5. The zero-order valence-electron chi connectivity index (χ0n) is 17.5. The Morgan fingerprint density at radius 3 is 2.04 bits per heavy atom. The largest absolute Gasteiger partial charge is 0.465 e. The molecule has 0 unspecified atom stereocenters. The molecule has 0 spiro atoms. The number of carbonyl (C=O) groups excluding carboxylic acids is 1. The van der Waals surface area contributed by atoms with Crippen LogP contribution in [0.3, 0.4) is 0 Å². The Bertz CT molecular complexity index is 918. The Labute approximate surface area is 168 Å². The van der Waals surface area contributed by atoms with Crippen molar-refractivity contribution in [2.45, 2.75) is 34.6 Å². The van der Waals surface area contributed by atoms with Crippen LogP contribution < -0.4 is 0 Å². The predicted octanol–water partition coefficient (Wildman–Crippen LogP) is 6.16. The van der Waals surface area contributed by atoms with Crippen molar-refractivity contribution in [1.29, 1.82) is 5.26 Å². The Kier molecular flexibility index (Phi) is 9.25. The number of rotatable bonds is 3. The first-order valence-corrected chi connectivity index (χ1v) is 9.52. The van der Waals surface area contributed by atoms with E-state index in [1.54, 1.807) is 12.1 Å². The monoisotopic (exact) mass is 376 g/mol. The maximum Gasteiger partial charge on any atom is 0.337 e. The molecule has 1 heterocycles. The summed E-state index contributed by atoms with van der Waals surface area (Å²) in [6, 6.07) is 19.2. The van der Waals surface area contributed by atoms with Crippen LogP contribution in [0.5, 0.6) is 0 Å². The number of esters is 1. The van der Waals surface area contributed by atoms with Gasteiger partial charge in [-0.1, -0.05) is 58.0 Å². The number of carbonyl (C=O) groups is 1. The molecular formula is C24H28N2O2. The summed E-state index contributed by atoms with van der Waals surface area (Å²) in [5.41, 5.74) is 4.92. The lowest BCUT2D eigenvalue weighted by Crippen LogP contribution is -2.02. The van der Waals surface area contributed by atoms with Crippen molar-refractivity contribution in [2.75, 3.05) is 7.11 Å². The Hall–Kier alpha value is -3.32. The van der Waals surface area contributed by atoms with Crippen molar-refractivity contribution >= 4 is 5.97 Å². The standard InChI is InChI=1S/C20H16N2O2.2C2H6/c1-14-19(15-6-4-3-5-7-15)17(12-21)13-22(14)18-10-8-16(9-11-18)20(23)24-2;2*1-2/h3-11,13H,1-2H3;2*1-2H3. The van der Waals surface area contributed by atoms with E-state index >= 15 is 0 Å². The number of hydrogen-bond acceptors (Lipinski definition) is 3. The van der Waals surface area contributed by atoms with Crippen molar-refractivity contribution in [3.63, 3.8) is 0 Å². The van der Waals surface area contributed by atoms with Crippen LogP contribution in [0.25, 0.3) is 16.8 Å². The van der Waals surface area contributed by atoms with Crippen LogP contribution in [0, 0.1) is 18.3 Å². The van der Waals surface area contributed by atoms with E-state index in [1.807, 2.05) is 87.8 Å². The molecule has 0 aliphatic carbocycles. The van der Waals surface area contributed by atoms with Gasteiger partial charge in [0.2, 0.25) is 0 Å². The molecule has 28 heavy (non-hydrogen) atoms. The van der Waals surface area contributed by atoms with Gasteiger partial charge >= 0.3 is 5.97 Å². The van der Waals surface area contributed by atoms with Crippen molar-refractivity contribution in [2.24, 2.45) is 0 Å². The fourth-order valence-corrected chi connectivity index (χ4v) is 2.80. The summed E-state index contributed by atoms with van der Waals surface area (Å²) in [6.45, 7) is 9.98. The highest BCUT2D eigenvalue weighted by molar-refractivity contribution is 5.89. The zero-order chi connectivity index (χ0) is 21.1. The van der Waals surface area contributed by atoms with Gasteiger partial charge in [-0.3, -0.25) is 0 Å². The predicted molar refractivity (Wildman–Crippen MR) is 115 cm³/mol. The van der Waals surface area contributed by atoms with E-state index in [0.717, 1.165) is 22.5 Å². The Morgan fingerprint density at radius 2 is 1.54 bits per heavy atom. The van der Waals surface area contributed by atoms with Crippen LogP contribution in [-0.4, -0.2) is 17.6 Å². The first kappa shape index (κ1) is 22.7. The normalized spacial score (nSPS) is 9.18. The summed E-state index contributed by atoms with van der Waals surface area (Å²) in [5.74, 6) is -0.367. The molecule has 1 aromatic heterocycles. The lowest BCUT2D eigenvalue weighted by atomic mass is 10.0. The summed E-state index contributed by atoms with van der Waals surface area (Å²) in [5, 5.41) is 9.49. The third-order valence-electron chi connectivity index (χ3n) is 4.00. The van der Waals surface area contributed by atoms with Gasteiger partial charge in [0, 0.05) is 23.1 Å². The second-order valence-corrected chi connectivity index (χ2v) is 5.39. The van der Waals surface area contributed by atoms with E-state index in [1.165, 1.54) is 7.11 Å². The van der Waals surface area contributed by atoms with Crippen LogP contribution in [0.2, 0.25) is 0 Å². The summed E-state index contributed by atoms with van der Waals surface area (Å²) in [7, 11) is 1.36. The Balaban J connectivity index is 0.000000921. The highest BCUT2D eigenvalue weighted by Gasteiger charge is 2.15.